The number of nitrogens with zero attached hydrogens (tertiary/aromatic N) is 1. The zero-order chi connectivity index (χ0) is 21.4. The molecule has 0 spiro atoms. The van der Waals surface area contributed by atoms with Crippen LogP contribution >= 0.6 is 0 Å². The lowest BCUT2D eigenvalue weighted by molar-refractivity contribution is -0.129. The number of hydrogen-bond donors (Lipinski definition) is 1. The minimum atomic E-state index is -2.97. The van der Waals surface area contributed by atoms with Gasteiger partial charge in [0.2, 0.25) is 11.8 Å². The molecule has 29 heavy (non-hydrogen) atoms. The smallest absolute Gasteiger partial charge is 0.387 e. The minimum absolute atomic E-state index is 0.101. The van der Waals surface area contributed by atoms with Gasteiger partial charge in [0.05, 0.1) is 13.7 Å². The molecule has 6 nitrogen and oxygen atoms in total. The summed E-state index contributed by atoms with van der Waals surface area (Å²) < 4.78 is 34.1. The number of aryl methyl sites for hydroxylation is 1. The molecule has 154 valence electrons. The SMILES string of the molecule is COc1cc(/C=C\C(=O)N(C)CC(=O)Nc2ccc(C)cc2)ccc1OC(F)F. The number of carbonyl (C=O) groups is 2. The Bertz CT molecular complexity index is 883. The quantitative estimate of drug-likeness (QED) is 0.681. The van der Waals surface area contributed by atoms with Gasteiger partial charge in [0.15, 0.2) is 11.5 Å². The number of likely N-dealkylation sites (N-methyl/N-ethyl adjacent to an activating group) is 1. The highest BCUT2D eigenvalue weighted by atomic mass is 19.3. The number of methoxy groups -OCH3 is 1. The van der Waals surface area contributed by atoms with E-state index in [4.69, 9.17) is 4.74 Å². The van der Waals surface area contributed by atoms with Crippen molar-refractivity contribution < 1.29 is 27.8 Å². The summed E-state index contributed by atoms with van der Waals surface area (Å²) >= 11 is 0. The Labute approximate surface area is 167 Å². The van der Waals surface area contributed by atoms with Gasteiger partial charge in [-0.05, 0) is 42.8 Å². The monoisotopic (exact) mass is 404 g/mol. The van der Waals surface area contributed by atoms with Crippen molar-refractivity contribution >= 4 is 23.6 Å². The molecular formula is C21H22F2N2O4. The summed E-state index contributed by atoms with van der Waals surface area (Å²) in [5.41, 5.74) is 2.27. The maximum Gasteiger partial charge on any atom is 0.387 e. The number of amides is 2. The molecule has 0 aliphatic rings. The first-order valence-electron chi connectivity index (χ1n) is 8.71. The van der Waals surface area contributed by atoms with Gasteiger partial charge in [-0.25, -0.2) is 0 Å². The molecule has 0 unspecified atom stereocenters. The van der Waals surface area contributed by atoms with Gasteiger partial charge in [0.25, 0.3) is 0 Å². The van der Waals surface area contributed by atoms with Gasteiger partial charge in [-0.2, -0.15) is 8.78 Å². The zero-order valence-corrected chi connectivity index (χ0v) is 16.3. The number of ether oxygens (including phenoxy) is 2. The highest BCUT2D eigenvalue weighted by molar-refractivity contribution is 5.97. The molecular weight excluding hydrogens is 382 g/mol. The summed E-state index contributed by atoms with van der Waals surface area (Å²) in [5.74, 6) is -0.703. The molecule has 8 heteroatoms. The van der Waals surface area contributed by atoms with Crippen LogP contribution in [0.15, 0.2) is 48.5 Å². The molecule has 0 bridgehead atoms. The lowest BCUT2D eigenvalue weighted by Gasteiger charge is -2.15. The van der Waals surface area contributed by atoms with E-state index in [9.17, 15) is 18.4 Å². The van der Waals surface area contributed by atoms with Crippen molar-refractivity contribution in [3.8, 4) is 11.5 Å². The van der Waals surface area contributed by atoms with E-state index in [2.05, 4.69) is 10.1 Å². The van der Waals surface area contributed by atoms with Crippen LogP contribution in [-0.2, 0) is 9.59 Å². The average molecular weight is 404 g/mol. The maximum absolute atomic E-state index is 12.4. The topological polar surface area (TPSA) is 67.9 Å². The van der Waals surface area contributed by atoms with Crippen LogP contribution in [0.4, 0.5) is 14.5 Å². The summed E-state index contributed by atoms with van der Waals surface area (Å²) in [4.78, 5) is 25.6. The van der Waals surface area contributed by atoms with Gasteiger partial charge in [-0.15, -0.1) is 0 Å². The van der Waals surface area contributed by atoms with Crippen LogP contribution in [0.5, 0.6) is 11.5 Å². The molecule has 0 radical (unpaired) electrons. The van der Waals surface area contributed by atoms with Crippen LogP contribution in [0.1, 0.15) is 11.1 Å². The number of carbonyl (C=O) groups excluding carboxylic acids is 2. The number of anilines is 1. The number of halogens is 2. The van der Waals surface area contributed by atoms with Crippen molar-refractivity contribution in [2.75, 3.05) is 26.0 Å². The van der Waals surface area contributed by atoms with Crippen LogP contribution in [0.25, 0.3) is 6.08 Å². The highest BCUT2D eigenvalue weighted by Crippen LogP contribution is 2.29. The van der Waals surface area contributed by atoms with Crippen LogP contribution < -0.4 is 14.8 Å². The van der Waals surface area contributed by atoms with Gasteiger partial charge in [-0.1, -0.05) is 23.8 Å². The molecule has 2 amide bonds. The van der Waals surface area contributed by atoms with E-state index < -0.39 is 12.5 Å². The third-order valence-corrected chi connectivity index (χ3v) is 3.91. The fourth-order valence-corrected chi connectivity index (χ4v) is 2.41. The van der Waals surface area contributed by atoms with Crippen molar-refractivity contribution in [2.24, 2.45) is 0 Å². The van der Waals surface area contributed by atoms with Crippen LogP contribution in [-0.4, -0.2) is 44.0 Å². The molecule has 2 rings (SSSR count). The predicted molar refractivity (Wildman–Crippen MR) is 106 cm³/mol. The van der Waals surface area contributed by atoms with E-state index in [0.717, 1.165) is 5.56 Å². The Hall–Kier alpha value is -3.42. The molecule has 0 fully saturated rings. The summed E-state index contributed by atoms with van der Waals surface area (Å²) in [6.45, 7) is -1.15. The number of hydrogen-bond acceptors (Lipinski definition) is 4. The normalized spacial score (nSPS) is 10.8. The number of rotatable bonds is 8. The van der Waals surface area contributed by atoms with Crippen LogP contribution in [0, 0.1) is 6.92 Å². The van der Waals surface area contributed by atoms with E-state index in [1.165, 1.54) is 49.4 Å². The standard InChI is InChI=1S/C21H22F2N2O4/c1-14-4-8-16(9-5-14)24-19(26)13-25(2)20(27)11-7-15-6-10-17(29-21(22)23)18(12-15)28-3/h4-12,21H,13H2,1-3H3,(H,24,26)/b11-7-. The molecule has 0 aliphatic carbocycles. The Kier molecular flexibility index (Phi) is 7.70. The van der Waals surface area contributed by atoms with Crippen molar-refractivity contribution in [3.05, 3.63) is 59.7 Å². The second kappa shape index (κ2) is 10.2. The first-order valence-corrected chi connectivity index (χ1v) is 8.71. The summed E-state index contributed by atoms with van der Waals surface area (Å²) in [5, 5.41) is 2.72. The van der Waals surface area contributed by atoms with Gasteiger partial charge in [-0.3, -0.25) is 9.59 Å². The second-order valence-corrected chi connectivity index (χ2v) is 6.23. The van der Waals surface area contributed by atoms with E-state index >= 15 is 0 Å². The predicted octanol–water partition coefficient (Wildman–Crippen LogP) is 3.72. The highest BCUT2D eigenvalue weighted by Gasteiger charge is 2.12. The molecule has 0 aliphatic heterocycles. The Balaban J connectivity index is 1.95. The number of alkyl halides is 2. The van der Waals surface area contributed by atoms with E-state index in [0.29, 0.717) is 11.3 Å². The Morgan fingerprint density at radius 1 is 1.14 bits per heavy atom. The maximum atomic E-state index is 12.4. The van der Waals surface area contributed by atoms with Crippen molar-refractivity contribution in [1.82, 2.24) is 4.90 Å². The largest absolute Gasteiger partial charge is 0.493 e. The molecule has 1 N–H and O–H groups in total. The fraction of sp³-hybridized carbons (Fsp3) is 0.238. The van der Waals surface area contributed by atoms with Gasteiger partial charge in [0.1, 0.15) is 0 Å². The van der Waals surface area contributed by atoms with Gasteiger partial charge >= 0.3 is 6.61 Å². The van der Waals surface area contributed by atoms with Gasteiger partial charge < -0.3 is 19.7 Å². The van der Waals surface area contributed by atoms with Crippen molar-refractivity contribution in [2.45, 2.75) is 13.5 Å². The molecule has 2 aromatic carbocycles. The molecule has 0 saturated carbocycles. The molecule has 0 heterocycles. The lowest BCUT2D eigenvalue weighted by atomic mass is 10.2. The van der Waals surface area contributed by atoms with Crippen molar-refractivity contribution in [3.63, 3.8) is 0 Å². The summed E-state index contributed by atoms with van der Waals surface area (Å²) in [7, 11) is 2.83. The number of nitrogens with one attached hydrogen (secondary N) is 1. The van der Waals surface area contributed by atoms with E-state index in [1.54, 1.807) is 12.1 Å². The minimum Gasteiger partial charge on any atom is -0.493 e. The van der Waals surface area contributed by atoms with Crippen LogP contribution in [0.3, 0.4) is 0 Å². The first kappa shape index (κ1) is 21.9. The fourth-order valence-electron chi connectivity index (χ4n) is 2.41. The first-order chi connectivity index (χ1) is 13.8. The molecule has 0 aromatic heterocycles. The average Bonchev–Trinajstić information content (AvgIpc) is 2.68. The lowest BCUT2D eigenvalue weighted by Crippen LogP contribution is -2.33. The number of benzene rings is 2. The second-order valence-electron chi connectivity index (χ2n) is 6.23. The third kappa shape index (κ3) is 6.91. The Morgan fingerprint density at radius 2 is 1.83 bits per heavy atom. The third-order valence-electron chi connectivity index (χ3n) is 3.91. The molecule has 0 atom stereocenters. The Morgan fingerprint density at radius 3 is 2.45 bits per heavy atom. The van der Waals surface area contributed by atoms with E-state index in [-0.39, 0.29) is 24.0 Å². The van der Waals surface area contributed by atoms with Crippen LogP contribution in [0.2, 0.25) is 0 Å². The summed E-state index contributed by atoms with van der Waals surface area (Å²) in [6, 6.07) is 11.6. The van der Waals surface area contributed by atoms with E-state index in [1.807, 2.05) is 19.1 Å². The summed E-state index contributed by atoms with van der Waals surface area (Å²) in [6.07, 6.45) is 2.77. The van der Waals surface area contributed by atoms with Gasteiger partial charge in [0, 0.05) is 18.8 Å². The zero-order valence-electron chi connectivity index (χ0n) is 16.3. The molecule has 0 saturated heterocycles. The molecule has 2 aromatic rings. The van der Waals surface area contributed by atoms with Crippen molar-refractivity contribution in [1.29, 1.82) is 0 Å².